The van der Waals surface area contributed by atoms with E-state index in [9.17, 15) is 9.59 Å². The van der Waals surface area contributed by atoms with Crippen LogP contribution in [-0.2, 0) is 9.59 Å². The van der Waals surface area contributed by atoms with Crippen molar-refractivity contribution < 1.29 is 9.59 Å². The first kappa shape index (κ1) is 24.2. The van der Waals surface area contributed by atoms with Crippen LogP contribution < -0.4 is 5.32 Å². The van der Waals surface area contributed by atoms with Gasteiger partial charge in [-0.2, -0.15) is 0 Å². The van der Waals surface area contributed by atoms with Crippen molar-refractivity contribution in [3.05, 3.63) is 0 Å². The summed E-state index contributed by atoms with van der Waals surface area (Å²) in [5.41, 5.74) is 0. The Morgan fingerprint density at radius 1 is 0.875 bits per heavy atom. The molecule has 0 radical (unpaired) electrons. The zero-order valence-corrected chi connectivity index (χ0v) is 20.8. The van der Waals surface area contributed by atoms with E-state index in [1.54, 1.807) is 0 Å². The normalized spacial score (nSPS) is 34.0. The number of nitrogens with one attached hydrogen (secondary N) is 1. The molecule has 0 spiro atoms. The van der Waals surface area contributed by atoms with Crippen molar-refractivity contribution in [1.82, 2.24) is 10.2 Å². The maximum Gasteiger partial charge on any atom is 0.225 e. The number of likely N-dealkylation sites (tertiary alicyclic amines) is 1. The van der Waals surface area contributed by atoms with E-state index in [4.69, 9.17) is 0 Å². The summed E-state index contributed by atoms with van der Waals surface area (Å²) >= 11 is 0. The highest BCUT2D eigenvalue weighted by molar-refractivity contribution is 5.83. The molecule has 2 aliphatic carbocycles. The van der Waals surface area contributed by atoms with Crippen LogP contribution in [0.15, 0.2) is 0 Å². The second kappa shape index (κ2) is 11.5. The molecular formula is C28H48N2O2. The topological polar surface area (TPSA) is 49.4 Å². The molecule has 0 aromatic carbocycles. The van der Waals surface area contributed by atoms with Crippen molar-refractivity contribution >= 4 is 11.7 Å². The lowest BCUT2D eigenvalue weighted by atomic mass is 9.77. The predicted molar refractivity (Wildman–Crippen MR) is 130 cm³/mol. The minimum absolute atomic E-state index is 0.130. The van der Waals surface area contributed by atoms with Gasteiger partial charge in [0.1, 0.15) is 5.78 Å². The molecule has 4 fully saturated rings. The fraction of sp³-hybridized carbons (Fsp3) is 0.929. The van der Waals surface area contributed by atoms with Crippen LogP contribution in [0.25, 0.3) is 0 Å². The Kier molecular flexibility index (Phi) is 8.70. The van der Waals surface area contributed by atoms with Crippen molar-refractivity contribution in [2.75, 3.05) is 26.2 Å². The van der Waals surface area contributed by atoms with Gasteiger partial charge in [0, 0.05) is 30.8 Å². The van der Waals surface area contributed by atoms with Crippen LogP contribution in [0.2, 0.25) is 0 Å². The molecule has 3 unspecified atom stereocenters. The zero-order valence-electron chi connectivity index (χ0n) is 20.8. The van der Waals surface area contributed by atoms with Crippen LogP contribution in [0, 0.1) is 41.4 Å². The smallest absolute Gasteiger partial charge is 0.225 e. The highest BCUT2D eigenvalue weighted by atomic mass is 16.2. The van der Waals surface area contributed by atoms with Gasteiger partial charge in [-0.1, -0.05) is 39.5 Å². The number of piperidine rings is 1. The molecule has 2 aliphatic heterocycles. The summed E-state index contributed by atoms with van der Waals surface area (Å²) in [6.45, 7) is 8.44. The third-order valence-electron chi connectivity index (χ3n) is 9.48. The monoisotopic (exact) mass is 444 g/mol. The molecule has 0 aromatic heterocycles. The van der Waals surface area contributed by atoms with E-state index in [1.165, 1.54) is 70.9 Å². The van der Waals surface area contributed by atoms with Crippen LogP contribution in [-0.4, -0.2) is 42.8 Å². The van der Waals surface area contributed by atoms with Gasteiger partial charge in [-0.15, -0.1) is 0 Å². The Morgan fingerprint density at radius 2 is 1.56 bits per heavy atom. The fourth-order valence-electron chi connectivity index (χ4n) is 7.44. The molecule has 182 valence electrons. The molecular weight excluding hydrogens is 396 g/mol. The quantitative estimate of drug-likeness (QED) is 0.506. The summed E-state index contributed by atoms with van der Waals surface area (Å²) in [4.78, 5) is 27.4. The summed E-state index contributed by atoms with van der Waals surface area (Å²) in [5, 5.41) is 3.61. The Labute approximate surface area is 196 Å². The van der Waals surface area contributed by atoms with Gasteiger partial charge in [0.2, 0.25) is 5.91 Å². The van der Waals surface area contributed by atoms with E-state index in [0.717, 1.165) is 62.4 Å². The van der Waals surface area contributed by atoms with Crippen LogP contribution in [0.4, 0.5) is 0 Å². The van der Waals surface area contributed by atoms with Gasteiger partial charge in [0.15, 0.2) is 0 Å². The van der Waals surface area contributed by atoms with Gasteiger partial charge in [-0.05, 0) is 94.5 Å². The third-order valence-corrected chi connectivity index (χ3v) is 9.48. The molecule has 1 N–H and O–H groups in total. The minimum Gasteiger partial charge on any atom is -0.342 e. The van der Waals surface area contributed by atoms with Crippen molar-refractivity contribution in [2.24, 2.45) is 41.4 Å². The molecule has 2 saturated heterocycles. The van der Waals surface area contributed by atoms with Gasteiger partial charge in [0.25, 0.3) is 0 Å². The van der Waals surface area contributed by atoms with Gasteiger partial charge in [0.05, 0.1) is 0 Å². The standard InChI is InChI=1S/C28H48N2O2/c1-20(2)27(31)23-7-9-24(10-8-23)28(32)30-15-12-21(13-16-30)5-3-4-6-25-17-22-18-26(25)11-14-29-19-22/h20-26,29H,3-19H2,1-2H3. The third kappa shape index (κ3) is 6.15. The zero-order chi connectivity index (χ0) is 22.5. The highest BCUT2D eigenvalue weighted by Gasteiger charge is 2.35. The van der Waals surface area contributed by atoms with Crippen molar-refractivity contribution in [1.29, 1.82) is 0 Å². The first-order chi connectivity index (χ1) is 15.5. The Morgan fingerprint density at radius 3 is 2.28 bits per heavy atom. The Bertz CT molecular complexity index is 617. The van der Waals surface area contributed by atoms with Crippen molar-refractivity contribution in [2.45, 2.75) is 97.3 Å². The van der Waals surface area contributed by atoms with E-state index in [1.807, 2.05) is 13.8 Å². The summed E-state index contributed by atoms with van der Waals surface area (Å²) in [6, 6.07) is 0. The molecule has 32 heavy (non-hydrogen) atoms. The maximum absolute atomic E-state index is 13.0. The van der Waals surface area contributed by atoms with Crippen LogP contribution in [0.5, 0.6) is 0 Å². The molecule has 4 rings (SSSR count). The summed E-state index contributed by atoms with van der Waals surface area (Å²) in [7, 11) is 0. The SMILES string of the molecule is CC(C)C(=O)C1CCC(C(=O)N2CCC(CCCCC3CC4CNCCC3C4)CC2)CC1. The second-order valence-electron chi connectivity index (χ2n) is 12.0. The van der Waals surface area contributed by atoms with E-state index in [-0.39, 0.29) is 17.8 Å². The number of fused-ring (bicyclic) bond motifs is 2. The average Bonchev–Trinajstić information content (AvgIpc) is 3.03. The van der Waals surface area contributed by atoms with Gasteiger partial charge in [-0.3, -0.25) is 9.59 Å². The molecule has 4 nitrogen and oxygen atoms in total. The van der Waals surface area contributed by atoms with E-state index in [0.29, 0.717) is 11.7 Å². The lowest BCUT2D eigenvalue weighted by Gasteiger charge is -2.36. The van der Waals surface area contributed by atoms with E-state index < -0.39 is 0 Å². The van der Waals surface area contributed by atoms with E-state index in [2.05, 4.69) is 10.2 Å². The first-order valence-electron chi connectivity index (χ1n) is 14.0. The lowest BCUT2D eigenvalue weighted by molar-refractivity contribution is -0.139. The lowest BCUT2D eigenvalue weighted by Crippen LogP contribution is -2.43. The maximum atomic E-state index is 13.0. The van der Waals surface area contributed by atoms with Crippen LogP contribution in [0.1, 0.15) is 97.3 Å². The van der Waals surface area contributed by atoms with Crippen LogP contribution >= 0.6 is 0 Å². The van der Waals surface area contributed by atoms with E-state index >= 15 is 0 Å². The molecule has 2 saturated carbocycles. The van der Waals surface area contributed by atoms with Gasteiger partial charge >= 0.3 is 0 Å². The molecule has 3 atom stereocenters. The Hall–Kier alpha value is -0.900. The first-order valence-corrected chi connectivity index (χ1v) is 14.0. The highest BCUT2D eigenvalue weighted by Crippen LogP contribution is 2.42. The summed E-state index contributed by atoms with van der Waals surface area (Å²) in [6.07, 6.45) is 16.1. The second-order valence-corrected chi connectivity index (χ2v) is 12.0. The largest absolute Gasteiger partial charge is 0.342 e. The van der Waals surface area contributed by atoms with Crippen molar-refractivity contribution in [3.63, 3.8) is 0 Å². The number of unbranched alkanes of at least 4 members (excludes halogenated alkanes) is 1. The number of hydrogen-bond donors (Lipinski definition) is 1. The fourth-order valence-corrected chi connectivity index (χ4v) is 7.44. The van der Waals surface area contributed by atoms with Gasteiger partial charge in [-0.25, -0.2) is 0 Å². The Balaban J connectivity index is 1.09. The number of carbonyl (C=O) groups is 2. The molecule has 1 amide bonds. The number of amides is 1. The molecule has 2 bridgehead atoms. The average molecular weight is 445 g/mol. The number of nitrogens with zero attached hydrogens (tertiary/aromatic N) is 1. The predicted octanol–water partition coefficient (Wildman–Crippen LogP) is 5.45. The summed E-state index contributed by atoms with van der Waals surface area (Å²) in [5.74, 6) is 5.09. The summed E-state index contributed by atoms with van der Waals surface area (Å²) < 4.78 is 0. The molecule has 4 aliphatic rings. The molecule has 0 aromatic rings. The molecule has 4 heteroatoms. The van der Waals surface area contributed by atoms with Crippen molar-refractivity contribution in [3.8, 4) is 0 Å². The number of carbonyl (C=O) groups excluding carboxylic acids is 2. The number of Topliss-reactive ketones (excluding diaryl/α,β-unsaturated/α-hetero) is 1. The number of ketones is 1. The number of hydrogen-bond acceptors (Lipinski definition) is 3. The number of rotatable bonds is 8. The minimum atomic E-state index is 0.130. The van der Waals surface area contributed by atoms with Gasteiger partial charge < -0.3 is 10.2 Å². The van der Waals surface area contributed by atoms with Crippen LogP contribution in [0.3, 0.4) is 0 Å². The molecule has 2 heterocycles.